The Labute approximate surface area is 105 Å². The highest BCUT2D eigenvalue weighted by atomic mass is 16.3. The van der Waals surface area contributed by atoms with Crippen LogP contribution < -0.4 is 0 Å². The molecule has 0 bridgehead atoms. The maximum absolute atomic E-state index is 12.2. The number of nitrogens with zero attached hydrogens (tertiary/aromatic N) is 1. The molecule has 4 heteroatoms. The predicted molar refractivity (Wildman–Crippen MR) is 62.8 cm³/mol. The van der Waals surface area contributed by atoms with Gasteiger partial charge in [-0.3, -0.25) is 9.59 Å². The van der Waals surface area contributed by atoms with Crippen LogP contribution in [0.15, 0.2) is 16.7 Å². The molecule has 0 N–H and O–H groups in total. The summed E-state index contributed by atoms with van der Waals surface area (Å²) in [6.07, 6.45) is 4.96. The van der Waals surface area contributed by atoms with Gasteiger partial charge in [0, 0.05) is 43.7 Å². The van der Waals surface area contributed by atoms with Crippen molar-refractivity contribution in [3.63, 3.8) is 0 Å². The van der Waals surface area contributed by atoms with E-state index in [1.165, 1.54) is 0 Å². The van der Waals surface area contributed by atoms with E-state index in [0.717, 1.165) is 30.7 Å². The van der Waals surface area contributed by atoms with Crippen LogP contribution in [0.5, 0.6) is 0 Å². The summed E-state index contributed by atoms with van der Waals surface area (Å²) >= 11 is 0. The highest BCUT2D eigenvalue weighted by Crippen LogP contribution is 2.54. The van der Waals surface area contributed by atoms with Gasteiger partial charge in [-0.1, -0.05) is 0 Å². The highest BCUT2D eigenvalue weighted by molar-refractivity contribution is 5.86. The summed E-state index contributed by atoms with van der Waals surface area (Å²) in [7, 11) is 0. The van der Waals surface area contributed by atoms with Gasteiger partial charge in [0.2, 0.25) is 5.91 Å². The zero-order valence-corrected chi connectivity index (χ0v) is 10.1. The number of Topliss-reactive ketones (excluding diaryl/α,β-unsaturated/α-hetero) is 1. The van der Waals surface area contributed by atoms with E-state index in [1.807, 2.05) is 11.0 Å². The number of hydrogen-bond donors (Lipinski definition) is 0. The first-order valence-corrected chi connectivity index (χ1v) is 6.61. The second-order valence-electron chi connectivity index (χ2n) is 5.62. The first-order valence-electron chi connectivity index (χ1n) is 6.61. The molecule has 1 aromatic heterocycles. The summed E-state index contributed by atoms with van der Waals surface area (Å²) in [5, 5.41) is 0. The van der Waals surface area contributed by atoms with Crippen molar-refractivity contribution in [1.29, 1.82) is 0 Å². The number of carbonyl (C=O) groups is 2. The van der Waals surface area contributed by atoms with Crippen LogP contribution in [0.2, 0.25) is 0 Å². The summed E-state index contributed by atoms with van der Waals surface area (Å²) < 4.78 is 5.55. The van der Waals surface area contributed by atoms with Crippen molar-refractivity contribution in [2.24, 2.45) is 5.92 Å². The molecule has 1 aromatic rings. The molecular formula is C14H15NO3. The molecule has 1 saturated heterocycles. The van der Waals surface area contributed by atoms with Crippen molar-refractivity contribution in [2.45, 2.75) is 37.6 Å². The fourth-order valence-electron chi connectivity index (χ4n) is 4.18. The fourth-order valence-corrected chi connectivity index (χ4v) is 4.18. The Morgan fingerprint density at radius 2 is 2.17 bits per heavy atom. The first kappa shape index (κ1) is 10.4. The molecule has 2 fully saturated rings. The molecule has 2 aliphatic heterocycles. The van der Waals surface area contributed by atoms with E-state index >= 15 is 0 Å². The zero-order chi connectivity index (χ0) is 12.3. The summed E-state index contributed by atoms with van der Waals surface area (Å²) in [6.45, 7) is 0.740. The minimum Gasteiger partial charge on any atom is -0.469 e. The van der Waals surface area contributed by atoms with Crippen LogP contribution in [0, 0.1) is 5.92 Å². The molecule has 4 nitrogen and oxygen atoms in total. The lowest BCUT2D eigenvalue weighted by molar-refractivity contribution is -0.135. The number of hydrogen-bond acceptors (Lipinski definition) is 3. The molecule has 0 unspecified atom stereocenters. The van der Waals surface area contributed by atoms with Crippen molar-refractivity contribution in [3.05, 3.63) is 23.7 Å². The lowest BCUT2D eigenvalue weighted by Gasteiger charge is -2.47. The van der Waals surface area contributed by atoms with Crippen molar-refractivity contribution in [1.82, 2.24) is 4.90 Å². The highest BCUT2D eigenvalue weighted by Gasteiger charge is 2.58. The van der Waals surface area contributed by atoms with Crippen LogP contribution in [0.25, 0.3) is 0 Å². The van der Waals surface area contributed by atoms with Crippen LogP contribution in [0.3, 0.4) is 0 Å². The molecule has 0 aromatic carbocycles. The lowest BCUT2D eigenvalue weighted by Crippen LogP contribution is -2.52. The van der Waals surface area contributed by atoms with Crippen LogP contribution >= 0.6 is 0 Å². The summed E-state index contributed by atoms with van der Waals surface area (Å²) in [5.74, 6) is 1.68. The second kappa shape index (κ2) is 3.25. The minimum atomic E-state index is -0.231. The fraction of sp³-hybridized carbons (Fsp3) is 0.571. The molecule has 4 rings (SSSR count). The van der Waals surface area contributed by atoms with E-state index in [9.17, 15) is 9.59 Å². The predicted octanol–water partition coefficient (Wildman–Crippen LogP) is 1.63. The quantitative estimate of drug-likeness (QED) is 0.698. The van der Waals surface area contributed by atoms with Gasteiger partial charge in [-0.05, 0) is 12.5 Å². The number of fused-ring (bicyclic) bond motifs is 1. The van der Waals surface area contributed by atoms with Gasteiger partial charge in [-0.15, -0.1) is 0 Å². The van der Waals surface area contributed by atoms with Gasteiger partial charge >= 0.3 is 0 Å². The van der Waals surface area contributed by atoms with Gasteiger partial charge in [0.15, 0.2) is 0 Å². The normalized spacial score (nSPS) is 34.2. The molecule has 1 aliphatic carbocycles. The molecule has 94 valence electrons. The molecule has 0 radical (unpaired) electrons. The summed E-state index contributed by atoms with van der Waals surface area (Å²) in [6, 6.07) is 2.00. The van der Waals surface area contributed by atoms with Gasteiger partial charge < -0.3 is 9.32 Å². The Balaban J connectivity index is 1.90. The Kier molecular flexibility index (Phi) is 1.87. The van der Waals surface area contributed by atoms with Crippen molar-refractivity contribution >= 4 is 11.7 Å². The van der Waals surface area contributed by atoms with Crippen molar-refractivity contribution in [3.8, 4) is 0 Å². The average molecular weight is 245 g/mol. The molecule has 1 saturated carbocycles. The maximum Gasteiger partial charge on any atom is 0.223 e. The number of carbonyl (C=O) groups excluding carboxylic acids is 2. The monoisotopic (exact) mass is 245 g/mol. The molecule has 2 atom stereocenters. The van der Waals surface area contributed by atoms with Crippen LogP contribution in [-0.4, -0.2) is 23.1 Å². The van der Waals surface area contributed by atoms with Crippen LogP contribution in [0.1, 0.15) is 37.0 Å². The Morgan fingerprint density at radius 1 is 1.28 bits per heavy atom. The summed E-state index contributed by atoms with van der Waals surface area (Å²) in [4.78, 5) is 25.9. The largest absolute Gasteiger partial charge is 0.469 e. The Morgan fingerprint density at radius 3 is 3.06 bits per heavy atom. The smallest absolute Gasteiger partial charge is 0.223 e. The third kappa shape index (κ3) is 1.06. The third-order valence-corrected chi connectivity index (χ3v) is 4.91. The van der Waals surface area contributed by atoms with Gasteiger partial charge in [-0.2, -0.15) is 0 Å². The topological polar surface area (TPSA) is 50.5 Å². The van der Waals surface area contributed by atoms with E-state index in [-0.39, 0.29) is 17.4 Å². The van der Waals surface area contributed by atoms with Gasteiger partial charge in [-0.25, -0.2) is 0 Å². The van der Waals surface area contributed by atoms with E-state index < -0.39 is 0 Å². The van der Waals surface area contributed by atoms with Gasteiger partial charge in [0.1, 0.15) is 11.5 Å². The van der Waals surface area contributed by atoms with E-state index in [1.54, 1.807) is 6.26 Å². The Hall–Kier alpha value is -1.58. The number of amides is 1. The number of rotatable bonds is 0. The molecular weight excluding hydrogens is 230 g/mol. The first-order chi connectivity index (χ1) is 8.72. The zero-order valence-electron chi connectivity index (χ0n) is 10.1. The molecule has 18 heavy (non-hydrogen) atoms. The lowest BCUT2D eigenvalue weighted by atomic mass is 9.68. The second-order valence-corrected chi connectivity index (χ2v) is 5.62. The van der Waals surface area contributed by atoms with Crippen molar-refractivity contribution in [2.75, 3.05) is 6.54 Å². The van der Waals surface area contributed by atoms with Crippen molar-refractivity contribution < 1.29 is 14.0 Å². The third-order valence-electron chi connectivity index (χ3n) is 4.91. The standard InChI is InChI=1S/C14H15NO3/c16-10-1-4-14-9(7-10)8-13(17)15(14)5-2-12-11(14)3-6-18-12/h3,6,9H,1-2,4-5,7-8H2/t9-,14-/m0/s1. The molecule has 3 heterocycles. The summed E-state index contributed by atoms with van der Waals surface area (Å²) in [5.41, 5.74) is 0.933. The average Bonchev–Trinajstić information content (AvgIpc) is 2.91. The Bertz CT molecular complexity index is 547. The maximum atomic E-state index is 12.2. The van der Waals surface area contributed by atoms with Crippen LogP contribution in [-0.2, 0) is 21.5 Å². The molecule has 1 amide bonds. The van der Waals surface area contributed by atoms with E-state index in [2.05, 4.69) is 0 Å². The minimum absolute atomic E-state index is 0.155. The van der Waals surface area contributed by atoms with E-state index in [0.29, 0.717) is 25.0 Å². The number of ketones is 1. The van der Waals surface area contributed by atoms with Crippen LogP contribution in [0.4, 0.5) is 0 Å². The SMILES string of the molecule is O=C1CC[C@]23c4ccoc4CCN2C(=O)C[C@@H]3C1. The molecule has 1 spiro atoms. The number of furan rings is 1. The van der Waals surface area contributed by atoms with Gasteiger partial charge in [0.25, 0.3) is 0 Å². The molecule has 3 aliphatic rings. The van der Waals surface area contributed by atoms with Gasteiger partial charge in [0.05, 0.1) is 11.8 Å². The van der Waals surface area contributed by atoms with E-state index in [4.69, 9.17) is 4.42 Å².